The van der Waals surface area contributed by atoms with Gasteiger partial charge in [-0.25, -0.2) is 9.18 Å². The Labute approximate surface area is 142 Å². The molecule has 0 radical (unpaired) electrons. The van der Waals surface area contributed by atoms with Crippen molar-refractivity contribution in [1.29, 1.82) is 0 Å². The van der Waals surface area contributed by atoms with Crippen molar-refractivity contribution < 1.29 is 19.0 Å². The van der Waals surface area contributed by atoms with Crippen molar-refractivity contribution in [2.75, 3.05) is 36.9 Å². The molecule has 2 aliphatic heterocycles. The minimum atomic E-state index is -1.34. The van der Waals surface area contributed by atoms with Crippen molar-refractivity contribution in [3.05, 3.63) is 33.4 Å². The summed E-state index contributed by atoms with van der Waals surface area (Å²) in [4.78, 5) is 25.9. The third-order valence-electron chi connectivity index (χ3n) is 5.05. The van der Waals surface area contributed by atoms with E-state index in [0.717, 1.165) is 0 Å². The molecule has 2 aliphatic rings. The number of pyridine rings is 1. The zero-order chi connectivity index (χ0) is 17.9. The topological polar surface area (TPSA) is 97.8 Å². The Balaban J connectivity index is 2.10. The number of hydrogen-bond acceptors (Lipinski definition) is 5. The second-order valence-electron chi connectivity index (χ2n) is 6.52. The van der Waals surface area contributed by atoms with Gasteiger partial charge in [-0.1, -0.05) is 0 Å². The van der Waals surface area contributed by atoms with E-state index in [4.69, 9.17) is 10.5 Å². The van der Waals surface area contributed by atoms with Gasteiger partial charge >= 0.3 is 5.97 Å². The summed E-state index contributed by atoms with van der Waals surface area (Å²) in [6, 6.07) is -0.0859. The average molecular weight is 347 g/mol. The first-order chi connectivity index (χ1) is 11.9. The Morgan fingerprint density at radius 1 is 1.40 bits per heavy atom. The maximum atomic E-state index is 15.1. The number of anilines is 2. The number of halogens is 1. The molecule has 0 bridgehead atoms. The highest BCUT2D eigenvalue weighted by Gasteiger charge is 2.33. The van der Waals surface area contributed by atoms with E-state index in [-0.39, 0.29) is 17.1 Å². The predicted molar refractivity (Wildman–Crippen MR) is 91.0 cm³/mol. The Kier molecular flexibility index (Phi) is 3.47. The third-order valence-corrected chi connectivity index (χ3v) is 5.05. The van der Waals surface area contributed by atoms with Crippen LogP contribution in [0.4, 0.5) is 15.8 Å². The summed E-state index contributed by atoms with van der Waals surface area (Å²) in [6.07, 6.45) is 1.86. The van der Waals surface area contributed by atoms with E-state index in [1.165, 1.54) is 6.20 Å². The standard InChI is InChI=1S/C17H18FN3O4/c1-8-6-9-14-11(16(22)10(17(23)24)7-21(8)14)13(19)12(18)15(9)20-2-4-25-5-3-20/h7-8H,2-6,19H2,1H3,(H,23,24). The fourth-order valence-corrected chi connectivity index (χ4v) is 3.88. The number of benzene rings is 1. The summed E-state index contributed by atoms with van der Waals surface area (Å²) >= 11 is 0. The number of nitrogens with two attached hydrogens (primary N) is 1. The van der Waals surface area contributed by atoms with E-state index < -0.39 is 22.8 Å². The number of rotatable bonds is 2. The molecule has 8 heteroatoms. The van der Waals surface area contributed by atoms with E-state index in [0.29, 0.717) is 49.5 Å². The van der Waals surface area contributed by atoms with Crippen LogP contribution in [0.3, 0.4) is 0 Å². The molecule has 0 saturated carbocycles. The molecule has 1 saturated heterocycles. The molecular formula is C17H18FN3O4. The van der Waals surface area contributed by atoms with Crippen molar-refractivity contribution in [1.82, 2.24) is 4.57 Å². The summed E-state index contributed by atoms with van der Waals surface area (Å²) in [6.45, 7) is 3.99. The van der Waals surface area contributed by atoms with Crippen LogP contribution in [-0.4, -0.2) is 41.9 Å². The van der Waals surface area contributed by atoms with Crippen LogP contribution in [0.5, 0.6) is 0 Å². The minimum Gasteiger partial charge on any atom is -0.477 e. The summed E-state index contributed by atoms with van der Waals surface area (Å²) in [7, 11) is 0. The summed E-state index contributed by atoms with van der Waals surface area (Å²) in [5.41, 5.74) is 6.23. The van der Waals surface area contributed by atoms with Gasteiger partial charge in [0, 0.05) is 30.9 Å². The van der Waals surface area contributed by atoms with Crippen LogP contribution in [0.15, 0.2) is 11.0 Å². The molecule has 1 aromatic carbocycles. The number of nitrogens with zero attached hydrogens (tertiary/aromatic N) is 2. The Morgan fingerprint density at radius 3 is 2.72 bits per heavy atom. The molecule has 1 aromatic heterocycles. The monoisotopic (exact) mass is 347 g/mol. The average Bonchev–Trinajstić information content (AvgIpc) is 2.90. The second kappa shape index (κ2) is 5.45. The first kappa shape index (κ1) is 15.9. The number of carboxylic acids is 1. The molecule has 3 heterocycles. The SMILES string of the molecule is CC1Cc2c(N3CCOCC3)c(F)c(N)c3c(=O)c(C(=O)O)cn1c23. The van der Waals surface area contributed by atoms with Crippen LogP contribution in [-0.2, 0) is 11.2 Å². The largest absolute Gasteiger partial charge is 0.477 e. The van der Waals surface area contributed by atoms with Crippen LogP contribution in [0.2, 0.25) is 0 Å². The lowest BCUT2D eigenvalue weighted by Crippen LogP contribution is -2.37. The summed E-state index contributed by atoms with van der Waals surface area (Å²) in [5.74, 6) is -1.99. The van der Waals surface area contributed by atoms with Gasteiger partial charge in [-0.15, -0.1) is 0 Å². The molecular weight excluding hydrogens is 329 g/mol. The molecule has 4 rings (SSSR count). The van der Waals surface area contributed by atoms with Gasteiger partial charge in [0.05, 0.1) is 35.5 Å². The van der Waals surface area contributed by atoms with Gasteiger partial charge in [-0.2, -0.15) is 0 Å². The van der Waals surface area contributed by atoms with E-state index >= 15 is 4.39 Å². The van der Waals surface area contributed by atoms with Crippen molar-refractivity contribution in [2.45, 2.75) is 19.4 Å². The molecule has 0 spiro atoms. The molecule has 2 aromatic rings. The van der Waals surface area contributed by atoms with Crippen molar-refractivity contribution in [2.24, 2.45) is 0 Å². The predicted octanol–water partition coefficient (Wildman–Crippen LogP) is 1.37. The van der Waals surface area contributed by atoms with Gasteiger partial charge in [0.25, 0.3) is 0 Å². The lowest BCUT2D eigenvalue weighted by atomic mass is 10.0. The molecule has 25 heavy (non-hydrogen) atoms. The normalized spacial score (nSPS) is 19.6. The van der Waals surface area contributed by atoms with Crippen LogP contribution in [0, 0.1) is 5.82 Å². The number of carbonyl (C=O) groups is 1. The number of ether oxygens (including phenoxy) is 1. The highest BCUT2D eigenvalue weighted by atomic mass is 19.1. The Morgan fingerprint density at radius 2 is 2.08 bits per heavy atom. The zero-order valence-electron chi connectivity index (χ0n) is 13.7. The molecule has 3 N–H and O–H groups in total. The van der Waals surface area contributed by atoms with E-state index in [1.807, 2.05) is 11.8 Å². The zero-order valence-corrected chi connectivity index (χ0v) is 13.7. The Bertz CT molecular complexity index is 963. The fraction of sp³-hybridized carbons (Fsp3) is 0.412. The van der Waals surface area contributed by atoms with Gasteiger partial charge < -0.3 is 25.0 Å². The smallest absolute Gasteiger partial charge is 0.341 e. The molecule has 0 amide bonds. The number of aromatic nitrogens is 1. The maximum absolute atomic E-state index is 15.1. The van der Waals surface area contributed by atoms with E-state index in [2.05, 4.69) is 0 Å². The second-order valence-corrected chi connectivity index (χ2v) is 6.52. The fourth-order valence-electron chi connectivity index (χ4n) is 3.88. The summed E-state index contributed by atoms with van der Waals surface area (Å²) < 4.78 is 22.2. The van der Waals surface area contributed by atoms with E-state index in [1.54, 1.807) is 4.57 Å². The molecule has 0 aliphatic carbocycles. The van der Waals surface area contributed by atoms with Crippen LogP contribution in [0.1, 0.15) is 28.9 Å². The number of carboxylic acid groups (broad SMARTS) is 1. The number of hydrogen-bond donors (Lipinski definition) is 2. The van der Waals surface area contributed by atoms with Gasteiger partial charge in [-0.05, 0) is 13.3 Å². The lowest BCUT2D eigenvalue weighted by molar-refractivity contribution is 0.0694. The highest BCUT2D eigenvalue weighted by Crippen LogP contribution is 2.42. The van der Waals surface area contributed by atoms with Gasteiger partial charge in [0.2, 0.25) is 5.43 Å². The van der Waals surface area contributed by atoms with Crippen LogP contribution < -0.4 is 16.1 Å². The van der Waals surface area contributed by atoms with Gasteiger partial charge in [0.15, 0.2) is 5.82 Å². The lowest BCUT2D eigenvalue weighted by Gasteiger charge is -2.31. The van der Waals surface area contributed by atoms with Crippen molar-refractivity contribution in [3.63, 3.8) is 0 Å². The van der Waals surface area contributed by atoms with Gasteiger partial charge in [0.1, 0.15) is 5.56 Å². The first-order valence-corrected chi connectivity index (χ1v) is 8.16. The molecule has 7 nitrogen and oxygen atoms in total. The first-order valence-electron chi connectivity index (χ1n) is 8.16. The minimum absolute atomic E-state index is 0.0336. The number of nitrogen functional groups attached to an aromatic ring is 1. The molecule has 132 valence electrons. The molecule has 1 fully saturated rings. The highest BCUT2D eigenvalue weighted by molar-refractivity contribution is 6.02. The van der Waals surface area contributed by atoms with Crippen molar-refractivity contribution >= 4 is 28.2 Å². The number of morpholine rings is 1. The summed E-state index contributed by atoms with van der Waals surface area (Å²) in [5, 5.41) is 9.26. The Hall–Kier alpha value is -2.61. The quantitative estimate of drug-likeness (QED) is 0.797. The molecule has 1 atom stereocenters. The van der Waals surface area contributed by atoms with Gasteiger partial charge in [-0.3, -0.25) is 4.79 Å². The molecule has 1 unspecified atom stereocenters. The third kappa shape index (κ3) is 2.13. The van der Waals surface area contributed by atoms with Crippen molar-refractivity contribution in [3.8, 4) is 0 Å². The van der Waals surface area contributed by atoms with E-state index in [9.17, 15) is 14.7 Å². The van der Waals surface area contributed by atoms with Crippen LogP contribution in [0.25, 0.3) is 10.9 Å². The maximum Gasteiger partial charge on any atom is 0.341 e. The van der Waals surface area contributed by atoms with Crippen LogP contribution >= 0.6 is 0 Å². The number of aromatic carboxylic acids is 1.